The Hall–Kier alpha value is -12.1. The zero-order valence-electron chi connectivity index (χ0n) is 50.0. The molecular formula is C87H60N4. The topological polar surface area (TPSA) is 43.6 Å². The van der Waals surface area contributed by atoms with Gasteiger partial charge in [0.25, 0.3) is 0 Å². The molecule has 0 unspecified atom stereocenters. The van der Waals surface area contributed by atoms with E-state index in [0.717, 1.165) is 144 Å². The van der Waals surface area contributed by atoms with E-state index < -0.39 is 0 Å². The standard InChI is InChI=1S/C87H60N4/c1-3-29-59(4-2)70-50-71(61-32-15-6-16-33-61)52-74(51-70)86-88-85(69-48-46-64(47-49-69)60-30-13-5-14-31-60)89-87(90-86)75-57-78(67-42-25-11-26-43-67)82(79(58-75)68-44-27-12-28-45-68)91-83-76(65-38-21-9-22-39-65)53-72(62-34-17-7-18-35-62)55-80(83)81-56-73(63-36-19-8-20-37-63)54-77(84(81)91)66-40-23-10-24-41-66/h3-58H,1-2H2/b59-29+. The van der Waals surface area contributed by atoms with Gasteiger partial charge in [0.05, 0.1) is 16.7 Å². The quantitative estimate of drug-likeness (QED) is 0.0961. The molecule has 0 amide bonds. The molecule has 15 aromatic rings. The van der Waals surface area contributed by atoms with E-state index in [0.29, 0.717) is 17.5 Å². The zero-order chi connectivity index (χ0) is 61.0. The Morgan fingerprint density at radius 3 is 0.923 bits per heavy atom. The summed E-state index contributed by atoms with van der Waals surface area (Å²) < 4.78 is 2.59. The van der Waals surface area contributed by atoms with Crippen molar-refractivity contribution < 1.29 is 0 Å². The highest BCUT2D eigenvalue weighted by molar-refractivity contribution is 6.20. The van der Waals surface area contributed by atoms with Gasteiger partial charge >= 0.3 is 0 Å². The number of rotatable bonds is 15. The van der Waals surface area contributed by atoms with Gasteiger partial charge in [0.1, 0.15) is 0 Å². The van der Waals surface area contributed by atoms with Crippen molar-refractivity contribution in [2.75, 3.05) is 0 Å². The summed E-state index contributed by atoms with van der Waals surface area (Å²) in [7, 11) is 0. The van der Waals surface area contributed by atoms with Crippen molar-refractivity contribution in [1.29, 1.82) is 0 Å². The molecule has 4 heteroatoms. The predicted octanol–water partition coefficient (Wildman–Crippen LogP) is 23.1. The van der Waals surface area contributed by atoms with Crippen LogP contribution in [0.2, 0.25) is 0 Å². The molecule has 0 aliphatic heterocycles. The van der Waals surface area contributed by atoms with E-state index in [1.165, 1.54) is 0 Å². The first-order valence-electron chi connectivity index (χ1n) is 30.8. The number of nitrogens with zero attached hydrogens (tertiary/aromatic N) is 4. The monoisotopic (exact) mass is 1160 g/mol. The molecule has 0 atom stereocenters. The van der Waals surface area contributed by atoms with Gasteiger partial charge in [-0.2, -0.15) is 0 Å². The van der Waals surface area contributed by atoms with E-state index in [1.54, 1.807) is 6.08 Å². The first-order valence-corrected chi connectivity index (χ1v) is 30.8. The second-order valence-corrected chi connectivity index (χ2v) is 22.8. The smallest absolute Gasteiger partial charge is 0.164 e. The van der Waals surface area contributed by atoms with Gasteiger partial charge in [0, 0.05) is 49.7 Å². The van der Waals surface area contributed by atoms with Gasteiger partial charge in [-0.3, -0.25) is 0 Å². The van der Waals surface area contributed by atoms with Crippen LogP contribution in [0.15, 0.2) is 353 Å². The molecule has 0 aliphatic carbocycles. The van der Waals surface area contributed by atoms with Gasteiger partial charge in [-0.15, -0.1) is 0 Å². The SMILES string of the molecule is C=C/C=C(\C=C)c1cc(-c2ccccc2)cc(-c2nc(-c3ccc(-c4ccccc4)cc3)nc(-c3cc(-c4ccccc4)c(-n4c5c(-c6ccccc6)cc(-c6ccccc6)cc5c5cc(-c6ccccc6)cc(-c6ccccc6)c54)c(-c4ccccc4)c3)n2)c1. The van der Waals surface area contributed by atoms with Crippen molar-refractivity contribution in [3.8, 4) is 129 Å². The summed E-state index contributed by atoms with van der Waals surface area (Å²) >= 11 is 0. The zero-order valence-corrected chi connectivity index (χ0v) is 50.0. The van der Waals surface area contributed by atoms with E-state index in [9.17, 15) is 0 Å². The average molecular weight is 1160 g/mol. The molecule has 15 rings (SSSR count). The molecule has 91 heavy (non-hydrogen) atoms. The number of aromatic nitrogens is 4. The third kappa shape index (κ3) is 10.9. The number of hydrogen-bond donors (Lipinski definition) is 0. The van der Waals surface area contributed by atoms with E-state index in [1.807, 2.05) is 24.3 Å². The summed E-state index contributed by atoms with van der Waals surface area (Å²) in [4.78, 5) is 16.6. The summed E-state index contributed by atoms with van der Waals surface area (Å²) in [5.41, 5.74) is 25.0. The maximum atomic E-state index is 5.62. The molecule has 2 aromatic heterocycles. The fraction of sp³-hybridized carbons (Fsp3) is 0. The lowest BCUT2D eigenvalue weighted by molar-refractivity contribution is 1.07. The molecule has 4 nitrogen and oxygen atoms in total. The van der Waals surface area contributed by atoms with Crippen LogP contribution in [0.25, 0.3) is 156 Å². The molecule has 0 aliphatic rings. The van der Waals surface area contributed by atoms with E-state index in [-0.39, 0.29) is 0 Å². The fourth-order valence-electron chi connectivity index (χ4n) is 12.8. The van der Waals surface area contributed by atoms with E-state index >= 15 is 0 Å². The third-order valence-electron chi connectivity index (χ3n) is 17.1. The van der Waals surface area contributed by atoms with Crippen LogP contribution in [0.3, 0.4) is 0 Å². The molecule has 0 spiro atoms. The van der Waals surface area contributed by atoms with Gasteiger partial charge in [0.2, 0.25) is 0 Å². The van der Waals surface area contributed by atoms with Crippen LogP contribution in [0.4, 0.5) is 0 Å². The molecule has 2 heterocycles. The first kappa shape index (κ1) is 55.5. The number of fused-ring (bicyclic) bond motifs is 3. The van der Waals surface area contributed by atoms with Crippen molar-refractivity contribution in [3.63, 3.8) is 0 Å². The van der Waals surface area contributed by atoms with Gasteiger partial charge in [-0.25, -0.2) is 15.0 Å². The summed E-state index contributed by atoms with van der Waals surface area (Å²) in [5, 5.41) is 2.27. The Labute approximate surface area is 531 Å². The molecule has 0 bridgehead atoms. The number of allylic oxidation sites excluding steroid dienone is 4. The second kappa shape index (κ2) is 24.6. The van der Waals surface area contributed by atoms with Crippen LogP contribution in [0.5, 0.6) is 0 Å². The Morgan fingerprint density at radius 2 is 0.549 bits per heavy atom. The molecule has 428 valence electrons. The minimum atomic E-state index is 0.530. The highest BCUT2D eigenvalue weighted by Gasteiger charge is 2.28. The van der Waals surface area contributed by atoms with Crippen LogP contribution in [-0.2, 0) is 0 Å². The Morgan fingerprint density at radius 1 is 0.264 bits per heavy atom. The van der Waals surface area contributed by atoms with Crippen LogP contribution in [-0.4, -0.2) is 19.5 Å². The maximum absolute atomic E-state index is 5.62. The fourth-order valence-corrected chi connectivity index (χ4v) is 12.8. The van der Waals surface area contributed by atoms with Gasteiger partial charge in [0.15, 0.2) is 17.5 Å². The minimum absolute atomic E-state index is 0.530. The second-order valence-electron chi connectivity index (χ2n) is 22.8. The molecule has 0 N–H and O–H groups in total. The molecule has 0 radical (unpaired) electrons. The maximum Gasteiger partial charge on any atom is 0.164 e. The van der Waals surface area contributed by atoms with Crippen LogP contribution in [0.1, 0.15) is 5.56 Å². The molecule has 0 saturated heterocycles. The summed E-state index contributed by atoms with van der Waals surface area (Å²) in [6, 6.07) is 115. The lowest BCUT2D eigenvalue weighted by Crippen LogP contribution is -2.05. The van der Waals surface area contributed by atoms with Gasteiger partial charge in [-0.05, 0) is 132 Å². The highest BCUT2D eigenvalue weighted by Crippen LogP contribution is 2.50. The van der Waals surface area contributed by atoms with E-state index in [2.05, 4.69) is 327 Å². The Bertz CT molecular complexity index is 4980. The highest BCUT2D eigenvalue weighted by atomic mass is 15.0. The summed E-state index contributed by atoms with van der Waals surface area (Å²) in [6.07, 6.45) is 5.67. The summed E-state index contributed by atoms with van der Waals surface area (Å²) in [5.74, 6) is 1.61. The number of benzene rings is 13. The predicted molar refractivity (Wildman–Crippen MR) is 382 cm³/mol. The van der Waals surface area contributed by atoms with Crippen molar-refractivity contribution in [2.45, 2.75) is 0 Å². The van der Waals surface area contributed by atoms with Crippen molar-refractivity contribution >= 4 is 27.4 Å². The Kier molecular flexibility index (Phi) is 15.0. The largest absolute Gasteiger partial charge is 0.307 e. The molecular weight excluding hydrogens is 1100 g/mol. The van der Waals surface area contributed by atoms with Crippen LogP contribution < -0.4 is 0 Å². The van der Waals surface area contributed by atoms with Crippen LogP contribution >= 0.6 is 0 Å². The molecule has 0 saturated carbocycles. The van der Waals surface area contributed by atoms with Gasteiger partial charge in [-0.1, -0.05) is 298 Å². The first-order chi connectivity index (χ1) is 45.0. The Balaban J connectivity index is 1.08. The van der Waals surface area contributed by atoms with Gasteiger partial charge < -0.3 is 4.57 Å². The van der Waals surface area contributed by atoms with Crippen molar-refractivity contribution in [3.05, 3.63) is 358 Å². The summed E-state index contributed by atoms with van der Waals surface area (Å²) in [6.45, 7) is 8.30. The lowest BCUT2D eigenvalue weighted by Gasteiger charge is -2.23. The normalized spacial score (nSPS) is 11.5. The molecule has 0 fully saturated rings. The van der Waals surface area contributed by atoms with E-state index in [4.69, 9.17) is 15.0 Å². The average Bonchev–Trinajstić information content (AvgIpc) is 1.57. The lowest BCUT2D eigenvalue weighted by atomic mass is 9.91. The minimum Gasteiger partial charge on any atom is -0.307 e. The third-order valence-corrected chi connectivity index (χ3v) is 17.1. The number of hydrogen-bond acceptors (Lipinski definition) is 3. The molecule has 13 aromatic carbocycles. The van der Waals surface area contributed by atoms with Crippen molar-refractivity contribution in [1.82, 2.24) is 19.5 Å². The van der Waals surface area contributed by atoms with Crippen LogP contribution in [0, 0.1) is 0 Å². The van der Waals surface area contributed by atoms with Crippen molar-refractivity contribution in [2.24, 2.45) is 0 Å².